The van der Waals surface area contributed by atoms with Gasteiger partial charge in [0.05, 0.1) is 11.8 Å². The van der Waals surface area contributed by atoms with Crippen LogP contribution in [0.4, 0.5) is 0 Å². The predicted molar refractivity (Wildman–Crippen MR) is 200 cm³/mol. The Morgan fingerprint density at radius 1 is 0.304 bits per heavy atom. The van der Waals surface area contributed by atoms with E-state index >= 15 is 0 Å². The van der Waals surface area contributed by atoms with Crippen LogP contribution in [-0.4, -0.2) is 0 Å². The van der Waals surface area contributed by atoms with Crippen LogP contribution >= 0.6 is 0 Å². The second kappa shape index (κ2) is 11.0. The fourth-order valence-corrected chi connectivity index (χ4v) is 6.83. The SMILES string of the molecule is CC(C)(C)c1ccc2c(c1)-c1cc(C(C)(C)C)ccc1[C]2/C=C/C=C/[C]1c2ccc(C(C)(C)C)cc2-c2cc(C(C)(C)C)ccc21. The first-order valence-corrected chi connectivity index (χ1v) is 17.0. The Labute approximate surface area is 279 Å². The molecule has 0 aliphatic heterocycles. The minimum Gasteiger partial charge on any atom is -0.0680 e. The Morgan fingerprint density at radius 3 is 0.717 bits per heavy atom. The van der Waals surface area contributed by atoms with Gasteiger partial charge in [0.25, 0.3) is 0 Å². The highest BCUT2D eigenvalue weighted by atomic mass is 14.4. The van der Waals surface area contributed by atoms with Crippen molar-refractivity contribution in [3.05, 3.63) is 153 Å². The Hall–Kier alpha value is -3.64. The van der Waals surface area contributed by atoms with Gasteiger partial charge in [-0.2, -0.15) is 0 Å². The van der Waals surface area contributed by atoms with Crippen molar-refractivity contribution in [2.24, 2.45) is 0 Å². The summed E-state index contributed by atoms with van der Waals surface area (Å²) >= 11 is 0. The van der Waals surface area contributed by atoms with E-state index in [1.54, 1.807) is 0 Å². The smallest absolute Gasteiger partial charge is 0.0569 e. The molecule has 4 aromatic carbocycles. The van der Waals surface area contributed by atoms with E-state index in [0.717, 1.165) is 0 Å². The third-order valence-corrected chi connectivity index (χ3v) is 9.92. The molecular formula is C46H52. The van der Waals surface area contributed by atoms with Crippen molar-refractivity contribution in [1.29, 1.82) is 0 Å². The van der Waals surface area contributed by atoms with Crippen LogP contribution in [0.1, 0.15) is 128 Å². The van der Waals surface area contributed by atoms with Crippen LogP contribution in [0.15, 0.2) is 97.1 Å². The van der Waals surface area contributed by atoms with Gasteiger partial charge in [0.15, 0.2) is 0 Å². The van der Waals surface area contributed by atoms with Crippen LogP contribution in [0.25, 0.3) is 22.3 Å². The standard InChI is InChI=1S/C46H52/c1-43(2,3)29-17-21-35-33(36-22-18-30(44(4,5)6)26-40(36)39(35)25-29)15-13-14-16-34-37-23-19-31(45(7,8)9)27-41(37)42-28-32(46(10,11)12)20-24-38(34)42/h13-28H,1-12H3/b15-13+,16-14+. The van der Waals surface area contributed by atoms with E-state index in [-0.39, 0.29) is 21.7 Å². The molecule has 236 valence electrons. The minimum atomic E-state index is 0.102. The predicted octanol–water partition coefficient (Wildman–Crippen LogP) is 12.6. The molecule has 46 heavy (non-hydrogen) atoms. The lowest BCUT2D eigenvalue weighted by Crippen LogP contribution is -2.11. The van der Waals surface area contributed by atoms with Crippen LogP contribution in [0.5, 0.6) is 0 Å². The highest BCUT2D eigenvalue weighted by Crippen LogP contribution is 2.49. The first-order chi connectivity index (χ1) is 21.3. The van der Waals surface area contributed by atoms with Gasteiger partial charge in [0.2, 0.25) is 0 Å². The molecule has 6 rings (SSSR count). The molecule has 0 aromatic heterocycles. The van der Waals surface area contributed by atoms with Crippen molar-refractivity contribution in [1.82, 2.24) is 0 Å². The quantitative estimate of drug-likeness (QED) is 0.204. The average Bonchev–Trinajstić information content (AvgIpc) is 3.44. The highest BCUT2D eigenvalue weighted by Gasteiger charge is 2.32. The van der Waals surface area contributed by atoms with E-state index in [1.807, 2.05) is 0 Å². The van der Waals surface area contributed by atoms with Gasteiger partial charge in [-0.1, -0.05) is 180 Å². The monoisotopic (exact) mass is 604 g/mol. The number of hydrogen-bond donors (Lipinski definition) is 0. The molecule has 0 spiro atoms. The molecule has 0 amide bonds. The third kappa shape index (κ3) is 5.85. The van der Waals surface area contributed by atoms with Crippen LogP contribution in [0.2, 0.25) is 0 Å². The van der Waals surface area contributed by atoms with E-state index in [1.165, 1.54) is 78.6 Å². The molecule has 0 atom stereocenters. The van der Waals surface area contributed by atoms with Crippen LogP contribution in [-0.2, 0) is 21.7 Å². The number of fused-ring (bicyclic) bond motifs is 6. The summed E-state index contributed by atoms with van der Waals surface area (Å²) in [5.74, 6) is 2.61. The maximum absolute atomic E-state index is 2.43. The van der Waals surface area contributed by atoms with Gasteiger partial charge in [-0.25, -0.2) is 0 Å². The largest absolute Gasteiger partial charge is 0.0680 e. The summed E-state index contributed by atoms with van der Waals surface area (Å²) in [5, 5.41) is 0. The molecule has 4 aromatic rings. The van der Waals surface area contributed by atoms with Crippen molar-refractivity contribution in [3.63, 3.8) is 0 Å². The first kappa shape index (κ1) is 32.3. The Morgan fingerprint density at radius 2 is 0.522 bits per heavy atom. The summed E-state index contributed by atoms with van der Waals surface area (Å²) in [5.41, 5.74) is 16.6. The summed E-state index contributed by atoms with van der Waals surface area (Å²) in [4.78, 5) is 0. The summed E-state index contributed by atoms with van der Waals surface area (Å²) in [7, 11) is 0. The number of rotatable bonds is 3. The van der Waals surface area contributed by atoms with Gasteiger partial charge in [0.1, 0.15) is 0 Å². The van der Waals surface area contributed by atoms with Crippen molar-refractivity contribution in [2.75, 3.05) is 0 Å². The van der Waals surface area contributed by atoms with Gasteiger partial charge in [-0.3, -0.25) is 0 Å². The zero-order valence-corrected chi connectivity index (χ0v) is 30.2. The molecule has 0 unspecified atom stereocenters. The van der Waals surface area contributed by atoms with E-state index < -0.39 is 0 Å². The van der Waals surface area contributed by atoms with Crippen LogP contribution in [0.3, 0.4) is 0 Å². The molecule has 0 nitrogen and oxygen atoms in total. The van der Waals surface area contributed by atoms with E-state index in [2.05, 4.69) is 180 Å². The van der Waals surface area contributed by atoms with Crippen molar-refractivity contribution in [3.8, 4) is 22.3 Å². The van der Waals surface area contributed by atoms with Crippen molar-refractivity contribution < 1.29 is 0 Å². The van der Waals surface area contributed by atoms with Crippen molar-refractivity contribution >= 4 is 0 Å². The Kier molecular flexibility index (Phi) is 7.71. The van der Waals surface area contributed by atoms with Gasteiger partial charge in [-0.05, 0) is 88.4 Å². The molecule has 0 fully saturated rings. The molecular weight excluding hydrogens is 553 g/mol. The van der Waals surface area contributed by atoms with Gasteiger partial charge >= 0.3 is 0 Å². The highest BCUT2D eigenvalue weighted by molar-refractivity contribution is 5.88. The molecule has 2 aliphatic carbocycles. The molecule has 0 heteroatoms. The fraction of sp³-hybridized carbons (Fsp3) is 0.348. The number of hydrogen-bond acceptors (Lipinski definition) is 0. The number of allylic oxidation sites excluding steroid dienone is 4. The van der Waals surface area contributed by atoms with Gasteiger partial charge in [-0.15, -0.1) is 0 Å². The maximum Gasteiger partial charge on any atom is 0.0569 e. The molecule has 0 bridgehead atoms. The van der Waals surface area contributed by atoms with Gasteiger partial charge in [0, 0.05) is 0 Å². The zero-order valence-electron chi connectivity index (χ0n) is 30.2. The lowest BCUT2D eigenvalue weighted by atomic mass is 9.83. The second-order valence-corrected chi connectivity index (χ2v) is 17.6. The van der Waals surface area contributed by atoms with Crippen molar-refractivity contribution in [2.45, 2.75) is 105 Å². The molecule has 0 N–H and O–H groups in total. The molecule has 2 aliphatic rings. The minimum absolute atomic E-state index is 0.102. The summed E-state index contributed by atoms with van der Waals surface area (Å²) in [6.07, 6.45) is 9.11. The summed E-state index contributed by atoms with van der Waals surface area (Å²) < 4.78 is 0. The Balaban J connectivity index is 1.38. The van der Waals surface area contributed by atoms with E-state index in [0.29, 0.717) is 0 Å². The molecule has 0 heterocycles. The molecule has 0 saturated heterocycles. The average molecular weight is 605 g/mol. The number of benzene rings is 4. The molecule has 0 saturated carbocycles. The maximum atomic E-state index is 2.43. The second-order valence-electron chi connectivity index (χ2n) is 17.6. The normalized spacial score (nSPS) is 15.5. The van der Waals surface area contributed by atoms with Gasteiger partial charge < -0.3 is 0 Å². The zero-order chi connectivity index (χ0) is 33.4. The van der Waals surface area contributed by atoms with E-state index in [9.17, 15) is 0 Å². The summed E-state index contributed by atoms with van der Waals surface area (Å²) in [6.45, 7) is 27.6. The lowest BCUT2D eigenvalue weighted by Gasteiger charge is -2.21. The Bertz CT molecular complexity index is 1600. The van der Waals surface area contributed by atoms with Crippen LogP contribution < -0.4 is 0 Å². The summed E-state index contributed by atoms with van der Waals surface area (Å²) in [6, 6.07) is 28.3. The first-order valence-electron chi connectivity index (χ1n) is 17.0. The lowest BCUT2D eigenvalue weighted by molar-refractivity contribution is 0.589. The molecule has 2 radical (unpaired) electrons. The van der Waals surface area contributed by atoms with E-state index in [4.69, 9.17) is 0 Å². The third-order valence-electron chi connectivity index (χ3n) is 9.92. The fourth-order valence-electron chi connectivity index (χ4n) is 6.83. The van der Waals surface area contributed by atoms with Crippen LogP contribution in [0, 0.1) is 11.8 Å². The topological polar surface area (TPSA) is 0 Å².